The van der Waals surface area contributed by atoms with Gasteiger partial charge in [0.25, 0.3) is 0 Å². The van der Waals surface area contributed by atoms with E-state index in [9.17, 15) is 0 Å². The maximum absolute atomic E-state index is 5.61. The highest BCUT2D eigenvalue weighted by atomic mass is 16.5. The lowest BCUT2D eigenvalue weighted by Crippen LogP contribution is -2.43. The summed E-state index contributed by atoms with van der Waals surface area (Å²) in [5.74, 6) is 0.967. The number of likely N-dealkylation sites (tertiary alicyclic amines) is 1. The summed E-state index contributed by atoms with van der Waals surface area (Å²) in [6.45, 7) is 9.26. The molecule has 18 heavy (non-hydrogen) atoms. The summed E-state index contributed by atoms with van der Waals surface area (Å²) in [6, 6.07) is 0. The van der Waals surface area contributed by atoms with Crippen molar-refractivity contribution in [3.05, 3.63) is 17.0 Å². The van der Waals surface area contributed by atoms with Gasteiger partial charge in [0.15, 0.2) is 0 Å². The Morgan fingerprint density at radius 1 is 1.33 bits per heavy atom. The highest BCUT2D eigenvalue weighted by Gasteiger charge is 2.39. The number of ether oxygens (including phenoxy) is 1. The van der Waals surface area contributed by atoms with Gasteiger partial charge in [0.2, 0.25) is 0 Å². The maximum Gasteiger partial charge on any atom is 0.138 e. The van der Waals surface area contributed by atoms with Gasteiger partial charge in [0.05, 0.1) is 12.3 Å². The van der Waals surface area contributed by atoms with Crippen molar-refractivity contribution in [2.45, 2.75) is 39.7 Å². The summed E-state index contributed by atoms with van der Waals surface area (Å²) < 4.78 is 10.9. The summed E-state index contributed by atoms with van der Waals surface area (Å²) in [6.07, 6.45) is 3.84. The van der Waals surface area contributed by atoms with Crippen molar-refractivity contribution in [3.63, 3.8) is 0 Å². The highest BCUT2D eigenvalue weighted by molar-refractivity contribution is 5.20. The molecular formula is C14H22N2O2. The van der Waals surface area contributed by atoms with Crippen LogP contribution in [0.3, 0.4) is 0 Å². The first kappa shape index (κ1) is 12.2. The number of nitrogens with zero attached hydrogens (tertiary/aromatic N) is 2. The number of hydrogen-bond donors (Lipinski definition) is 0. The molecule has 2 saturated heterocycles. The summed E-state index contributed by atoms with van der Waals surface area (Å²) in [5, 5.41) is 4.04. The highest BCUT2D eigenvalue weighted by Crippen LogP contribution is 2.38. The molecule has 3 rings (SSSR count). The minimum Gasteiger partial charge on any atom is -0.381 e. The van der Waals surface area contributed by atoms with Crippen LogP contribution < -0.4 is 0 Å². The second-order valence-corrected chi connectivity index (χ2v) is 5.92. The Bertz CT molecular complexity index is 402. The third kappa shape index (κ3) is 2.19. The number of aromatic nitrogens is 1. The number of rotatable bonds is 2. The monoisotopic (exact) mass is 250 g/mol. The quantitative estimate of drug-likeness (QED) is 0.807. The third-order valence-corrected chi connectivity index (χ3v) is 4.49. The summed E-state index contributed by atoms with van der Waals surface area (Å²) in [7, 11) is 0. The van der Waals surface area contributed by atoms with Gasteiger partial charge in [-0.05, 0) is 39.7 Å². The van der Waals surface area contributed by atoms with Crippen LogP contribution in [0.25, 0.3) is 0 Å². The predicted octanol–water partition coefficient (Wildman–Crippen LogP) is 2.29. The first-order valence-electron chi connectivity index (χ1n) is 6.90. The Morgan fingerprint density at radius 2 is 2.22 bits per heavy atom. The van der Waals surface area contributed by atoms with Gasteiger partial charge in [-0.1, -0.05) is 5.16 Å². The lowest BCUT2D eigenvalue weighted by Gasteiger charge is -2.39. The Morgan fingerprint density at radius 3 is 2.89 bits per heavy atom. The standard InChI is InChI=1S/C14H22N2O2/c1-11-13(12(2)18-15-11)8-16-6-3-4-14(9-16)5-7-17-10-14/h3-10H2,1-2H3/t14-/m1/s1. The summed E-state index contributed by atoms with van der Waals surface area (Å²) in [5.41, 5.74) is 2.73. The van der Waals surface area contributed by atoms with Crippen molar-refractivity contribution in [2.75, 3.05) is 26.3 Å². The van der Waals surface area contributed by atoms with Crippen LogP contribution in [-0.4, -0.2) is 36.4 Å². The molecule has 0 aromatic carbocycles. The van der Waals surface area contributed by atoms with Crippen molar-refractivity contribution in [2.24, 2.45) is 5.41 Å². The van der Waals surface area contributed by atoms with Crippen LogP contribution in [0.1, 0.15) is 36.3 Å². The van der Waals surface area contributed by atoms with Crippen LogP contribution in [0.15, 0.2) is 4.52 Å². The van der Waals surface area contributed by atoms with Gasteiger partial charge in [0, 0.05) is 30.7 Å². The van der Waals surface area contributed by atoms with Gasteiger partial charge in [-0.25, -0.2) is 0 Å². The van der Waals surface area contributed by atoms with Gasteiger partial charge >= 0.3 is 0 Å². The average Bonchev–Trinajstić information content (AvgIpc) is 2.92. The second-order valence-electron chi connectivity index (χ2n) is 5.92. The molecule has 1 aromatic heterocycles. The van der Waals surface area contributed by atoms with Gasteiger partial charge in [0.1, 0.15) is 5.76 Å². The molecule has 2 fully saturated rings. The minimum atomic E-state index is 0.428. The van der Waals surface area contributed by atoms with Crippen LogP contribution in [0.5, 0.6) is 0 Å². The molecule has 2 aliphatic rings. The van der Waals surface area contributed by atoms with E-state index in [1.54, 1.807) is 0 Å². The zero-order valence-corrected chi connectivity index (χ0v) is 11.4. The number of piperidine rings is 1. The summed E-state index contributed by atoms with van der Waals surface area (Å²) in [4.78, 5) is 2.55. The third-order valence-electron chi connectivity index (χ3n) is 4.49. The lowest BCUT2D eigenvalue weighted by molar-refractivity contribution is 0.0642. The molecule has 1 atom stereocenters. The van der Waals surface area contributed by atoms with E-state index in [0.717, 1.165) is 37.8 Å². The summed E-state index contributed by atoms with van der Waals surface area (Å²) >= 11 is 0. The topological polar surface area (TPSA) is 38.5 Å². The largest absolute Gasteiger partial charge is 0.381 e. The molecule has 0 radical (unpaired) electrons. The van der Waals surface area contributed by atoms with Gasteiger partial charge < -0.3 is 9.26 Å². The van der Waals surface area contributed by atoms with Gasteiger partial charge in [-0.2, -0.15) is 0 Å². The fraction of sp³-hybridized carbons (Fsp3) is 0.786. The molecule has 1 spiro atoms. The van der Waals surface area contributed by atoms with E-state index in [4.69, 9.17) is 9.26 Å². The number of hydrogen-bond acceptors (Lipinski definition) is 4. The molecule has 100 valence electrons. The minimum absolute atomic E-state index is 0.428. The Hall–Kier alpha value is -0.870. The van der Waals surface area contributed by atoms with Crippen molar-refractivity contribution in [3.8, 4) is 0 Å². The molecule has 0 aliphatic carbocycles. The van der Waals surface area contributed by atoms with E-state index in [0.29, 0.717) is 5.41 Å². The lowest BCUT2D eigenvalue weighted by atomic mass is 9.79. The molecule has 0 amide bonds. The number of aryl methyl sites for hydroxylation is 2. The molecule has 0 saturated carbocycles. The molecular weight excluding hydrogens is 228 g/mol. The van der Waals surface area contributed by atoms with Crippen molar-refractivity contribution in [1.29, 1.82) is 0 Å². The van der Waals surface area contributed by atoms with Crippen molar-refractivity contribution in [1.82, 2.24) is 10.1 Å². The molecule has 2 aliphatic heterocycles. The zero-order chi connectivity index (χ0) is 12.6. The van der Waals surface area contributed by atoms with Crippen molar-refractivity contribution < 1.29 is 9.26 Å². The van der Waals surface area contributed by atoms with Crippen molar-refractivity contribution >= 4 is 0 Å². The van der Waals surface area contributed by atoms with E-state index in [-0.39, 0.29) is 0 Å². The fourth-order valence-electron chi connectivity index (χ4n) is 3.37. The predicted molar refractivity (Wildman–Crippen MR) is 68.4 cm³/mol. The molecule has 3 heterocycles. The van der Waals surface area contributed by atoms with Gasteiger partial charge in [-0.3, -0.25) is 4.90 Å². The molecule has 0 unspecified atom stereocenters. The molecule has 4 heteroatoms. The molecule has 1 aromatic rings. The van der Waals surface area contributed by atoms with E-state index in [1.807, 2.05) is 13.8 Å². The maximum atomic E-state index is 5.61. The first-order chi connectivity index (χ1) is 8.69. The Labute approximate surface area is 108 Å². The smallest absolute Gasteiger partial charge is 0.138 e. The Balaban J connectivity index is 1.70. The van der Waals surface area contributed by atoms with Crippen LogP contribution in [0.2, 0.25) is 0 Å². The van der Waals surface area contributed by atoms with E-state index in [1.165, 1.54) is 31.4 Å². The SMILES string of the molecule is Cc1noc(C)c1CN1CCC[C@@]2(CCOC2)C1. The van der Waals surface area contributed by atoms with Crippen LogP contribution in [0.4, 0.5) is 0 Å². The fourth-order valence-corrected chi connectivity index (χ4v) is 3.37. The van der Waals surface area contributed by atoms with E-state index in [2.05, 4.69) is 10.1 Å². The molecule has 4 nitrogen and oxygen atoms in total. The second kappa shape index (κ2) is 4.67. The molecule has 0 N–H and O–H groups in total. The van der Waals surface area contributed by atoms with Crippen LogP contribution >= 0.6 is 0 Å². The van der Waals surface area contributed by atoms with Gasteiger partial charge in [-0.15, -0.1) is 0 Å². The zero-order valence-electron chi connectivity index (χ0n) is 11.4. The normalized spacial score (nSPS) is 29.2. The average molecular weight is 250 g/mol. The molecule has 0 bridgehead atoms. The first-order valence-corrected chi connectivity index (χ1v) is 6.90. The van der Waals surface area contributed by atoms with Crippen LogP contribution in [0, 0.1) is 19.3 Å². The Kier molecular flexibility index (Phi) is 3.16. The van der Waals surface area contributed by atoms with E-state index >= 15 is 0 Å². The van der Waals surface area contributed by atoms with Crippen LogP contribution in [-0.2, 0) is 11.3 Å². The van der Waals surface area contributed by atoms with E-state index < -0.39 is 0 Å².